The van der Waals surface area contributed by atoms with E-state index in [4.69, 9.17) is 4.74 Å². The van der Waals surface area contributed by atoms with Crippen molar-refractivity contribution in [2.75, 3.05) is 6.61 Å². The highest BCUT2D eigenvalue weighted by Gasteiger charge is 2.33. The summed E-state index contributed by atoms with van der Waals surface area (Å²) < 4.78 is 4.96. The van der Waals surface area contributed by atoms with Crippen LogP contribution in [0.25, 0.3) is 0 Å². The van der Waals surface area contributed by atoms with Crippen LogP contribution in [0.5, 0.6) is 0 Å². The zero-order chi connectivity index (χ0) is 10.0. The summed E-state index contributed by atoms with van der Waals surface area (Å²) in [6.07, 6.45) is 1.42. The fraction of sp³-hybridized carbons (Fsp3) is 0.417. The van der Waals surface area contributed by atoms with E-state index in [1.54, 1.807) is 0 Å². The van der Waals surface area contributed by atoms with Gasteiger partial charge < -0.3 is 4.74 Å². The molecule has 1 atom stereocenters. The standard InChI is InChI=1S/C12H14O2/c1-12(7-8-14-11(13)9-12)10-5-3-2-4-6-10/h2-6H,7-9H2,1H3. The van der Waals surface area contributed by atoms with Crippen molar-refractivity contribution in [2.24, 2.45) is 0 Å². The fourth-order valence-electron chi connectivity index (χ4n) is 1.94. The quantitative estimate of drug-likeness (QED) is 0.635. The van der Waals surface area contributed by atoms with Crippen molar-refractivity contribution in [3.05, 3.63) is 35.9 Å². The first-order valence-corrected chi connectivity index (χ1v) is 4.92. The van der Waals surface area contributed by atoms with Gasteiger partial charge in [0.25, 0.3) is 0 Å². The van der Waals surface area contributed by atoms with Gasteiger partial charge in [0.15, 0.2) is 0 Å². The van der Waals surface area contributed by atoms with Crippen LogP contribution in [0, 0.1) is 0 Å². The molecule has 0 aromatic heterocycles. The molecule has 1 aromatic rings. The van der Waals surface area contributed by atoms with Crippen molar-refractivity contribution in [1.82, 2.24) is 0 Å². The summed E-state index contributed by atoms with van der Waals surface area (Å²) in [6.45, 7) is 2.67. The number of esters is 1. The van der Waals surface area contributed by atoms with Crippen molar-refractivity contribution in [2.45, 2.75) is 25.2 Å². The maximum atomic E-state index is 11.2. The molecular weight excluding hydrogens is 176 g/mol. The first-order chi connectivity index (χ1) is 6.71. The molecule has 0 saturated carbocycles. The lowest BCUT2D eigenvalue weighted by Gasteiger charge is -2.32. The predicted octanol–water partition coefficient (Wildman–Crippen LogP) is 2.28. The Balaban J connectivity index is 2.27. The molecule has 2 rings (SSSR count). The Morgan fingerprint density at radius 3 is 2.64 bits per heavy atom. The Kier molecular flexibility index (Phi) is 2.28. The number of hydrogen-bond acceptors (Lipinski definition) is 2. The van der Waals surface area contributed by atoms with Crippen LogP contribution in [0.1, 0.15) is 25.3 Å². The Morgan fingerprint density at radius 2 is 2.00 bits per heavy atom. The topological polar surface area (TPSA) is 26.3 Å². The molecule has 1 unspecified atom stereocenters. The first kappa shape index (κ1) is 9.25. The van der Waals surface area contributed by atoms with Crippen LogP contribution >= 0.6 is 0 Å². The number of ether oxygens (including phenoxy) is 1. The molecule has 0 spiro atoms. The summed E-state index contributed by atoms with van der Waals surface area (Å²) in [7, 11) is 0. The van der Waals surface area contributed by atoms with Gasteiger partial charge in [-0.25, -0.2) is 0 Å². The number of carbonyl (C=O) groups is 1. The minimum atomic E-state index is -0.0809. The Morgan fingerprint density at radius 1 is 1.29 bits per heavy atom. The Hall–Kier alpha value is -1.31. The maximum absolute atomic E-state index is 11.2. The number of carbonyl (C=O) groups excluding carboxylic acids is 1. The second kappa shape index (κ2) is 3.45. The zero-order valence-corrected chi connectivity index (χ0v) is 8.32. The van der Waals surface area contributed by atoms with E-state index in [2.05, 4.69) is 19.1 Å². The van der Waals surface area contributed by atoms with Gasteiger partial charge in [-0.3, -0.25) is 4.79 Å². The maximum Gasteiger partial charge on any atom is 0.306 e. The van der Waals surface area contributed by atoms with Gasteiger partial charge in [-0.2, -0.15) is 0 Å². The lowest BCUT2D eigenvalue weighted by molar-refractivity contribution is -0.149. The molecule has 0 N–H and O–H groups in total. The van der Waals surface area contributed by atoms with Crippen molar-refractivity contribution in [3.8, 4) is 0 Å². The number of rotatable bonds is 1. The molecule has 0 radical (unpaired) electrons. The van der Waals surface area contributed by atoms with Gasteiger partial charge in [-0.15, -0.1) is 0 Å². The molecular formula is C12H14O2. The molecule has 2 nitrogen and oxygen atoms in total. The Bertz CT molecular complexity index is 331. The number of cyclic esters (lactones) is 1. The van der Waals surface area contributed by atoms with E-state index in [9.17, 15) is 4.79 Å². The molecule has 1 aromatic carbocycles. The Labute approximate surface area is 83.9 Å². The zero-order valence-electron chi connectivity index (χ0n) is 8.32. The van der Waals surface area contributed by atoms with Gasteiger partial charge in [0.1, 0.15) is 0 Å². The molecule has 2 heteroatoms. The molecule has 74 valence electrons. The molecule has 1 fully saturated rings. The second-order valence-corrected chi connectivity index (χ2v) is 4.07. The normalized spacial score (nSPS) is 27.1. The van der Waals surface area contributed by atoms with E-state index in [1.165, 1.54) is 5.56 Å². The van der Waals surface area contributed by atoms with Crippen LogP contribution in [0.2, 0.25) is 0 Å². The summed E-state index contributed by atoms with van der Waals surface area (Å²) in [6, 6.07) is 10.2. The van der Waals surface area contributed by atoms with Gasteiger partial charge in [0, 0.05) is 5.41 Å². The van der Waals surface area contributed by atoms with Crippen molar-refractivity contribution in [3.63, 3.8) is 0 Å². The molecule has 0 amide bonds. The van der Waals surface area contributed by atoms with E-state index < -0.39 is 0 Å². The van der Waals surface area contributed by atoms with Gasteiger partial charge in [0.05, 0.1) is 13.0 Å². The average Bonchev–Trinajstić information content (AvgIpc) is 2.19. The largest absolute Gasteiger partial charge is 0.466 e. The molecule has 14 heavy (non-hydrogen) atoms. The van der Waals surface area contributed by atoms with Gasteiger partial charge >= 0.3 is 5.97 Å². The second-order valence-electron chi connectivity index (χ2n) is 4.07. The van der Waals surface area contributed by atoms with Crippen LogP contribution in [0.3, 0.4) is 0 Å². The van der Waals surface area contributed by atoms with E-state index >= 15 is 0 Å². The van der Waals surface area contributed by atoms with Crippen molar-refractivity contribution >= 4 is 5.97 Å². The minimum Gasteiger partial charge on any atom is -0.466 e. The fourth-order valence-corrected chi connectivity index (χ4v) is 1.94. The monoisotopic (exact) mass is 190 g/mol. The summed E-state index contributed by atoms with van der Waals surface area (Å²) in [5.41, 5.74) is 1.20. The summed E-state index contributed by atoms with van der Waals surface area (Å²) in [5.74, 6) is -0.0809. The molecule has 1 saturated heterocycles. The molecule has 1 aliphatic heterocycles. The van der Waals surface area contributed by atoms with Crippen LogP contribution in [0.4, 0.5) is 0 Å². The summed E-state index contributed by atoms with van der Waals surface area (Å²) in [5, 5.41) is 0. The highest BCUT2D eigenvalue weighted by atomic mass is 16.5. The molecule has 1 aliphatic rings. The summed E-state index contributed by atoms with van der Waals surface area (Å²) in [4.78, 5) is 11.2. The third kappa shape index (κ3) is 1.65. The van der Waals surface area contributed by atoms with Crippen LogP contribution in [-0.4, -0.2) is 12.6 Å². The van der Waals surface area contributed by atoms with Crippen molar-refractivity contribution < 1.29 is 9.53 Å². The third-order valence-electron chi connectivity index (χ3n) is 2.92. The van der Waals surface area contributed by atoms with E-state index in [-0.39, 0.29) is 11.4 Å². The highest BCUT2D eigenvalue weighted by Crippen LogP contribution is 2.34. The van der Waals surface area contributed by atoms with Crippen LogP contribution in [0.15, 0.2) is 30.3 Å². The van der Waals surface area contributed by atoms with Crippen molar-refractivity contribution in [1.29, 1.82) is 0 Å². The van der Waals surface area contributed by atoms with Gasteiger partial charge in [-0.05, 0) is 12.0 Å². The lowest BCUT2D eigenvalue weighted by Crippen LogP contribution is -2.33. The third-order valence-corrected chi connectivity index (χ3v) is 2.92. The lowest BCUT2D eigenvalue weighted by atomic mass is 9.76. The smallest absolute Gasteiger partial charge is 0.306 e. The SMILES string of the molecule is CC1(c2ccccc2)CCOC(=O)C1. The van der Waals surface area contributed by atoms with Crippen LogP contribution in [-0.2, 0) is 14.9 Å². The highest BCUT2D eigenvalue weighted by molar-refractivity contribution is 5.72. The van der Waals surface area contributed by atoms with Gasteiger partial charge in [-0.1, -0.05) is 37.3 Å². The molecule has 1 heterocycles. The summed E-state index contributed by atoms with van der Waals surface area (Å²) >= 11 is 0. The number of benzene rings is 1. The van der Waals surface area contributed by atoms with Crippen LogP contribution < -0.4 is 0 Å². The number of hydrogen-bond donors (Lipinski definition) is 0. The van der Waals surface area contributed by atoms with E-state index in [0.717, 1.165) is 6.42 Å². The van der Waals surface area contributed by atoms with E-state index in [1.807, 2.05) is 18.2 Å². The van der Waals surface area contributed by atoms with Gasteiger partial charge in [0.2, 0.25) is 0 Å². The average molecular weight is 190 g/mol. The van der Waals surface area contributed by atoms with E-state index in [0.29, 0.717) is 13.0 Å². The minimum absolute atomic E-state index is 0.0312. The predicted molar refractivity (Wildman–Crippen MR) is 54.0 cm³/mol. The molecule has 0 aliphatic carbocycles. The first-order valence-electron chi connectivity index (χ1n) is 4.92. The molecule has 0 bridgehead atoms.